The van der Waals surface area contributed by atoms with Crippen molar-refractivity contribution < 1.29 is 0 Å². The van der Waals surface area contributed by atoms with Crippen LogP contribution in [0.5, 0.6) is 0 Å². The first-order valence-electron chi connectivity index (χ1n) is 20.9. The first kappa shape index (κ1) is 37.0. The third-order valence-electron chi connectivity index (χ3n) is 12.2. The fraction of sp³-hybridized carbons (Fsp3) is 0.143. The molecule has 2 atom stereocenters. The zero-order chi connectivity index (χ0) is 39.6. The molecule has 2 nitrogen and oxygen atoms in total. The number of hydrogen-bond donors (Lipinski definition) is 0. The van der Waals surface area contributed by atoms with Gasteiger partial charge in [-0.15, -0.1) is 0 Å². The molecule has 1 heterocycles. The van der Waals surface area contributed by atoms with Crippen molar-refractivity contribution in [3.63, 3.8) is 0 Å². The highest BCUT2D eigenvalue weighted by atomic mass is 15.1. The molecule has 0 bridgehead atoms. The monoisotopic (exact) mass is 750 g/mol. The van der Waals surface area contributed by atoms with E-state index in [9.17, 15) is 0 Å². The molecule has 1 aromatic heterocycles. The Labute approximate surface area is 343 Å². The van der Waals surface area contributed by atoms with E-state index in [-0.39, 0.29) is 0 Å². The summed E-state index contributed by atoms with van der Waals surface area (Å²) in [6.45, 7) is 9.22. The molecule has 2 unspecified atom stereocenters. The van der Waals surface area contributed by atoms with Crippen molar-refractivity contribution >= 4 is 38.9 Å². The van der Waals surface area contributed by atoms with Gasteiger partial charge in [0, 0.05) is 33.5 Å². The maximum Gasteiger partial charge on any atom is 0.0541 e. The van der Waals surface area contributed by atoms with Gasteiger partial charge in [-0.1, -0.05) is 149 Å². The number of rotatable bonds is 11. The van der Waals surface area contributed by atoms with Gasteiger partial charge in [0.2, 0.25) is 0 Å². The van der Waals surface area contributed by atoms with Crippen LogP contribution in [0.25, 0.3) is 60.9 Å². The molecule has 9 rings (SSSR count). The molecule has 0 saturated heterocycles. The highest BCUT2D eigenvalue weighted by molar-refractivity contribution is 6.10. The van der Waals surface area contributed by atoms with Crippen LogP contribution >= 0.6 is 0 Å². The Bertz CT molecular complexity index is 2710. The molecule has 0 fully saturated rings. The lowest BCUT2D eigenvalue weighted by atomic mass is 9.95. The van der Waals surface area contributed by atoms with E-state index in [0.717, 1.165) is 29.9 Å². The highest BCUT2D eigenvalue weighted by Crippen LogP contribution is 2.39. The van der Waals surface area contributed by atoms with E-state index in [2.05, 4.69) is 231 Å². The van der Waals surface area contributed by atoms with E-state index < -0.39 is 0 Å². The molecule has 284 valence electrons. The molecule has 58 heavy (non-hydrogen) atoms. The normalized spacial score (nSPS) is 12.5. The van der Waals surface area contributed by atoms with Gasteiger partial charge in [-0.25, -0.2) is 0 Å². The van der Waals surface area contributed by atoms with Crippen LogP contribution in [0.4, 0.5) is 17.1 Å². The standard InChI is InChI=1S/C56H50N2/c1-5-39(3)47-27-35-55-53(37-47)54-38-48(40(4)6-2)28-36-56(54)58(55)52-33-25-46(26-34-52)43-19-17-42(18-20-43)45-23-31-51(32-24-45)57(49-15-11-8-12-16-49)50-29-21-44(22-30-50)41-13-9-7-10-14-41/h7-40H,5-6H2,1-4H3. The Hall–Kier alpha value is -6.64. The van der Waals surface area contributed by atoms with Gasteiger partial charge in [-0.05, 0) is 142 Å². The van der Waals surface area contributed by atoms with Gasteiger partial charge < -0.3 is 9.47 Å². The van der Waals surface area contributed by atoms with E-state index in [1.165, 1.54) is 72.0 Å². The zero-order valence-electron chi connectivity index (χ0n) is 33.9. The molecule has 0 amide bonds. The lowest BCUT2D eigenvalue weighted by Gasteiger charge is -2.26. The average molecular weight is 751 g/mol. The van der Waals surface area contributed by atoms with Gasteiger partial charge in [-0.2, -0.15) is 0 Å². The molecule has 9 aromatic rings. The number of fused-ring (bicyclic) bond motifs is 3. The SMILES string of the molecule is CCC(C)c1ccc2c(c1)c1cc(C(C)CC)ccc1n2-c1ccc(-c2ccc(-c3ccc(N(c4ccccc4)c4ccc(-c5ccccc5)cc4)cc3)cc2)cc1. The topological polar surface area (TPSA) is 8.17 Å². The highest BCUT2D eigenvalue weighted by Gasteiger charge is 2.17. The fourth-order valence-electron chi connectivity index (χ4n) is 8.34. The maximum absolute atomic E-state index is 2.45. The van der Waals surface area contributed by atoms with E-state index in [0.29, 0.717) is 11.8 Å². The van der Waals surface area contributed by atoms with Crippen LogP contribution < -0.4 is 4.90 Å². The Morgan fingerprint density at radius 3 is 1.14 bits per heavy atom. The minimum absolute atomic E-state index is 0.532. The van der Waals surface area contributed by atoms with Crippen molar-refractivity contribution in [2.24, 2.45) is 0 Å². The predicted octanol–water partition coefficient (Wildman–Crippen LogP) is 16.3. The molecule has 8 aromatic carbocycles. The number of aromatic nitrogens is 1. The van der Waals surface area contributed by atoms with Crippen molar-refractivity contribution in [3.05, 3.63) is 205 Å². The zero-order valence-corrected chi connectivity index (χ0v) is 33.9. The third-order valence-corrected chi connectivity index (χ3v) is 12.2. The molecular formula is C56H50N2. The number of benzene rings is 8. The molecule has 2 heteroatoms. The summed E-state index contributed by atoms with van der Waals surface area (Å²) in [5.74, 6) is 1.06. The summed E-state index contributed by atoms with van der Waals surface area (Å²) < 4.78 is 2.45. The Kier molecular flexibility index (Phi) is 10.2. The van der Waals surface area contributed by atoms with Crippen LogP contribution in [0, 0.1) is 0 Å². The summed E-state index contributed by atoms with van der Waals surface area (Å²) in [4.78, 5) is 2.32. The van der Waals surface area contributed by atoms with Crippen LogP contribution in [0.1, 0.15) is 63.5 Å². The Morgan fingerprint density at radius 2 is 0.724 bits per heavy atom. The van der Waals surface area contributed by atoms with Crippen molar-refractivity contribution in [3.8, 4) is 39.1 Å². The minimum Gasteiger partial charge on any atom is -0.311 e. The Balaban J connectivity index is 0.981. The maximum atomic E-state index is 2.45. The quantitative estimate of drug-likeness (QED) is 0.128. The van der Waals surface area contributed by atoms with Crippen molar-refractivity contribution in [1.29, 1.82) is 0 Å². The van der Waals surface area contributed by atoms with E-state index in [1.54, 1.807) is 0 Å². The molecule has 0 saturated carbocycles. The molecule has 0 radical (unpaired) electrons. The number of para-hydroxylation sites is 1. The molecular weight excluding hydrogens is 701 g/mol. The fourth-order valence-corrected chi connectivity index (χ4v) is 8.34. The summed E-state index contributed by atoms with van der Waals surface area (Å²) in [5.41, 5.74) is 17.1. The van der Waals surface area contributed by atoms with Gasteiger partial charge >= 0.3 is 0 Å². The van der Waals surface area contributed by atoms with E-state index >= 15 is 0 Å². The molecule has 0 spiro atoms. The van der Waals surface area contributed by atoms with Crippen LogP contribution in [0.2, 0.25) is 0 Å². The van der Waals surface area contributed by atoms with Crippen LogP contribution in [-0.2, 0) is 0 Å². The largest absolute Gasteiger partial charge is 0.311 e. The first-order chi connectivity index (χ1) is 28.5. The van der Waals surface area contributed by atoms with Gasteiger partial charge in [0.1, 0.15) is 0 Å². The van der Waals surface area contributed by atoms with E-state index in [4.69, 9.17) is 0 Å². The van der Waals surface area contributed by atoms with Gasteiger partial charge in [-0.3, -0.25) is 0 Å². The van der Waals surface area contributed by atoms with Crippen LogP contribution in [-0.4, -0.2) is 4.57 Å². The number of hydrogen-bond acceptors (Lipinski definition) is 1. The van der Waals surface area contributed by atoms with Gasteiger partial charge in [0.25, 0.3) is 0 Å². The van der Waals surface area contributed by atoms with Crippen LogP contribution in [0.3, 0.4) is 0 Å². The number of anilines is 3. The molecule has 0 N–H and O–H groups in total. The predicted molar refractivity (Wildman–Crippen MR) is 249 cm³/mol. The number of nitrogens with zero attached hydrogens (tertiary/aromatic N) is 2. The lowest BCUT2D eigenvalue weighted by Crippen LogP contribution is -2.09. The summed E-state index contributed by atoms with van der Waals surface area (Å²) in [6.07, 6.45) is 2.27. The minimum atomic E-state index is 0.532. The third kappa shape index (κ3) is 7.12. The van der Waals surface area contributed by atoms with Crippen molar-refractivity contribution in [2.45, 2.75) is 52.4 Å². The molecule has 0 aliphatic heterocycles. The second-order valence-electron chi connectivity index (χ2n) is 15.8. The second kappa shape index (κ2) is 16.1. The Morgan fingerprint density at radius 1 is 0.379 bits per heavy atom. The molecule has 0 aliphatic carbocycles. The van der Waals surface area contributed by atoms with Gasteiger partial charge in [0.05, 0.1) is 11.0 Å². The van der Waals surface area contributed by atoms with Crippen LogP contribution in [0.15, 0.2) is 194 Å². The summed E-state index contributed by atoms with van der Waals surface area (Å²) in [5, 5.41) is 2.69. The van der Waals surface area contributed by atoms with E-state index in [1.807, 2.05) is 0 Å². The summed E-state index contributed by atoms with van der Waals surface area (Å²) >= 11 is 0. The van der Waals surface area contributed by atoms with Gasteiger partial charge in [0.15, 0.2) is 0 Å². The smallest absolute Gasteiger partial charge is 0.0541 e. The van der Waals surface area contributed by atoms with Crippen molar-refractivity contribution in [1.82, 2.24) is 4.57 Å². The second-order valence-corrected chi connectivity index (χ2v) is 15.8. The summed E-state index contributed by atoms with van der Waals surface area (Å²) in [7, 11) is 0. The lowest BCUT2D eigenvalue weighted by molar-refractivity contribution is 0.734. The first-order valence-corrected chi connectivity index (χ1v) is 20.9. The van der Waals surface area contributed by atoms with Crippen molar-refractivity contribution in [2.75, 3.05) is 4.90 Å². The average Bonchev–Trinajstić information content (AvgIpc) is 3.63. The molecule has 0 aliphatic rings. The summed E-state index contributed by atoms with van der Waals surface area (Å²) in [6, 6.07) is 71.2.